The van der Waals surface area contributed by atoms with Crippen molar-refractivity contribution >= 4 is 21.7 Å². The summed E-state index contributed by atoms with van der Waals surface area (Å²) < 4.78 is 9.92. The van der Waals surface area contributed by atoms with Gasteiger partial charge in [-0.3, -0.25) is 0 Å². The van der Waals surface area contributed by atoms with E-state index in [0.717, 1.165) is 25.9 Å². The van der Waals surface area contributed by atoms with Gasteiger partial charge in [-0.25, -0.2) is 0 Å². The van der Waals surface area contributed by atoms with E-state index in [0.29, 0.717) is 6.04 Å². The van der Waals surface area contributed by atoms with E-state index >= 15 is 0 Å². The Labute approximate surface area is 213 Å². The van der Waals surface area contributed by atoms with E-state index in [4.69, 9.17) is 4.74 Å². The van der Waals surface area contributed by atoms with E-state index in [1.165, 1.54) is 63.5 Å². The van der Waals surface area contributed by atoms with Crippen molar-refractivity contribution in [2.75, 3.05) is 13.6 Å². The summed E-state index contributed by atoms with van der Waals surface area (Å²) >= 11 is 0. The van der Waals surface area contributed by atoms with Crippen LogP contribution in [0.1, 0.15) is 65.4 Å². The third kappa shape index (κ3) is 1.94. The van der Waals surface area contributed by atoms with Crippen LogP contribution in [-0.4, -0.2) is 29.1 Å². The molecule has 0 amide bonds. The molecule has 1 fully saturated rings. The molecule has 4 aromatic rings. The van der Waals surface area contributed by atoms with Gasteiger partial charge < -0.3 is 14.2 Å². The lowest BCUT2D eigenvalue weighted by Crippen LogP contribution is -2.68. The van der Waals surface area contributed by atoms with Gasteiger partial charge in [0.05, 0.1) is 16.6 Å². The molecule has 182 valence electrons. The summed E-state index contributed by atoms with van der Waals surface area (Å²) in [6, 6.07) is 14.9. The lowest BCUT2D eigenvalue weighted by molar-refractivity contribution is -0.0913. The smallest absolute Gasteiger partial charge is 0.149 e. The monoisotopic (exact) mass is 474 g/mol. The minimum atomic E-state index is 0.0638. The first-order valence-corrected chi connectivity index (χ1v) is 14.1. The molecule has 1 spiro atoms. The van der Waals surface area contributed by atoms with E-state index < -0.39 is 0 Å². The third-order valence-corrected chi connectivity index (χ3v) is 11.4. The van der Waals surface area contributed by atoms with Crippen LogP contribution < -0.4 is 4.74 Å². The fourth-order valence-corrected chi connectivity index (χ4v) is 9.90. The number of hydrogen-bond acceptors (Lipinski definition) is 2. The van der Waals surface area contributed by atoms with Gasteiger partial charge in [-0.2, -0.15) is 0 Å². The summed E-state index contributed by atoms with van der Waals surface area (Å²) in [5.74, 6) is 1.21. The summed E-state index contributed by atoms with van der Waals surface area (Å²) in [6.07, 6.45) is 5.95. The summed E-state index contributed by atoms with van der Waals surface area (Å²) in [7, 11) is 2.37. The number of piperidine rings is 1. The first-order chi connectivity index (χ1) is 17.5. The maximum Gasteiger partial charge on any atom is 0.149 e. The zero-order valence-electron chi connectivity index (χ0n) is 21.9. The Kier molecular flexibility index (Phi) is 3.49. The Morgan fingerprint density at radius 1 is 1.06 bits per heavy atom. The molecule has 5 aliphatic rings. The van der Waals surface area contributed by atoms with Crippen LogP contribution >= 0.6 is 0 Å². The molecule has 2 bridgehead atoms. The SMILES string of the molecule is CCn1c2c(c3cc4c5c(cccc5c31)CC4)C[C@@]1(C)[C@H]3Cc4ccc(C)c5c4[C@@]1(CCN3C)[C@H]2O5. The van der Waals surface area contributed by atoms with E-state index in [9.17, 15) is 0 Å². The van der Waals surface area contributed by atoms with Crippen LogP contribution in [0.4, 0.5) is 0 Å². The van der Waals surface area contributed by atoms with E-state index in [-0.39, 0.29) is 16.9 Å². The van der Waals surface area contributed by atoms with Crippen LogP contribution in [0.5, 0.6) is 5.75 Å². The van der Waals surface area contributed by atoms with Crippen LogP contribution in [0.15, 0.2) is 36.4 Å². The molecule has 4 atom stereocenters. The zero-order valence-corrected chi connectivity index (χ0v) is 21.9. The topological polar surface area (TPSA) is 17.4 Å². The fourth-order valence-electron chi connectivity index (χ4n) is 9.90. The average Bonchev–Trinajstić information content (AvgIpc) is 3.53. The number of benzene rings is 3. The summed E-state index contributed by atoms with van der Waals surface area (Å²) in [6.45, 7) is 9.37. The quantitative estimate of drug-likeness (QED) is 0.317. The number of likely N-dealkylation sites (tertiary alicyclic amines) is 1. The van der Waals surface area contributed by atoms with Crippen molar-refractivity contribution in [3.63, 3.8) is 0 Å². The molecule has 1 aromatic heterocycles. The van der Waals surface area contributed by atoms with Crippen LogP contribution in [-0.2, 0) is 37.6 Å². The van der Waals surface area contributed by atoms with Crippen LogP contribution in [0.3, 0.4) is 0 Å². The predicted molar refractivity (Wildman–Crippen MR) is 145 cm³/mol. The lowest BCUT2D eigenvalue weighted by atomic mass is 9.44. The number of rotatable bonds is 1. The molecule has 1 saturated heterocycles. The van der Waals surface area contributed by atoms with Gasteiger partial charge in [0, 0.05) is 34.3 Å². The van der Waals surface area contributed by atoms with Crippen molar-refractivity contribution in [3.05, 3.63) is 75.5 Å². The highest BCUT2D eigenvalue weighted by molar-refractivity contribution is 6.11. The highest BCUT2D eigenvalue weighted by atomic mass is 16.5. The normalized spacial score (nSPS) is 31.1. The standard InChI is InChI=1S/C33H34N2O/c1-5-35-28-22-8-6-7-19-11-12-20(26(19)22)15-23(28)24-17-32(3)25-16-21-10-9-18(2)30-27(21)33(32,13-14-34(25)4)31(36-30)29(24)35/h6-10,15,25,31H,5,11-14,16-17H2,1-4H3/t25-,31+,32+,33+/m1/s1. The summed E-state index contributed by atoms with van der Waals surface area (Å²) in [5.41, 5.74) is 12.3. The van der Waals surface area contributed by atoms with Gasteiger partial charge in [-0.15, -0.1) is 0 Å². The fraction of sp³-hybridized carbons (Fsp3) is 0.455. The molecule has 0 radical (unpaired) electrons. The summed E-state index contributed by atoms with van der Waals surface area (Å²) in [5, 5.41) is 4.50. The lowest BCUT2D eigenvalue weighted by Gasteiger charge is -2.64. The van der Waals surface area contributed by atoms with Crippen LogP contribution in [0.25, 0.3) is 21.7 Å². The molecular weight excluding hydrogens is 440 g/mol. The molecule has 3 aliphatic carbocycles. The second-order valence-electron chi connectivity index (χ2n) is 12.6. The molecule has 9 rings (SSSR count). The second-order valence-corrected chi connectivity index (χ2v) is 12.6. The number of ether oxygens (including phenoxy) is 1. The first kappa shape index (κ1) is 20.3. The molecule has 3 nitrogen and oxygen atoms in total. The van der Waals surface area contributed by atoms with Crippen LogP contribution in [0.2, 0.25) is 0 Å². The Balaban J connectivity index is 1.44. The average molecular weight is 475 g/mol. The van der Waals surface area contributed by atoms with Crippen molar-refractivity contribution in [1.82, 2.24) is 9.47 Å². The highest BCUT2D eigenvalue weighted by Gasteiger charge is 2.70. The molecule has 2 aliphatic heterocycles. The van der Waals surface area contributed by atoms with Crippen LogP contribution in [0, 0.1) is 12.3 Å². The molecule has 0 N–H and O–H groups in total. The molecule has 0 saturated carbocycles. The van der Waals surface area contributed by atoms with E-state index in [1.807, 2.05) is 0 Å². The maximum absolute atomic E-state index is 7.25. The molecule has 36 heavy (non-hydrogen) atoms. The minimum Gasteiger partial charge on any atom is -0.483 e. The largest absolute Gasteiger partial charge is 0.483 e. The maximum atomic E-state index is 7.25. The Hall–Kier alpha value is -2.78. The third-order valence-electron chi connectivity index (χ3n) is 11.4. The van der Waals surface area contributed by atoms with E-state index in [1.54, 1.807) is 22.3 Å². The van der Waals surface area contributed by atoms with Gasteiger partial charge in [0.2, 0.25) is 0 Å². The highest BCUT2D eigenvalue weighted by Crippen LogP contribution is 2.71. The second kappa shape index (κ2) is 6.19. The first-order valence-electron chi connectivity index (χ1n) is 14.1. The molecule has 0 unspecified atom stereocenters. The number of nitrogens with zero attached hydrogens (tertiary/aromatic N) is 2. The Bertz CT molecular complexity index is 1680. The Morgan fingerprint density at radius 2 is 1.92 bits per heavy atom. The van der Waals surface area contributed by atoms with Gasteiger partial charge in [0.25, 0.3) is 0 Å². The van der Waals surface area contributed by atoms with Crippen molar-refractivity contribution in [2.24, 2.45) is 5.41 Å². The van der Waals surface area contributed by atoms with Gasteiger partial charge in [-0.05, 0) is 98.8 Å². The zero-order chi connectivity index (χ0) is 24.1. The van der Waals surface area contributed by atoms with E-state index in [2.05, 4.69) is 73.7 Å². The van der Waals surface area contributed by atoms with Gasteiger partial charge >= 0.3 is 0 Å². The number of likely N-dealkylation sites (N-methyl/N-ethyl adjacent to an activating group) is 1. The molecule has 3 heteroatoms. The summed E-state index contributed by atoms with van der Waals surface area (Å²) in [4.78, 5) is 2.67. The van der Waals surface area contributed by atoms with Crippen molar-refractivity contribution in [2.45, 2.75) is 77.0 Å². The molecular formula is C33H34N2O. The Morgan fingerprint density at radius 3 is 2.78 bits per heavy atom. The number of aromatic nitrogens is 1. The van der Waals surface area contributed by atoms with Gasteiger partial charge in [0.1, 0.15) is 11.9 Å². The van der Waals surface area contributed by atoms with Gasteiger partial charge in [-0.1, -0.05) is 37.3 Å². The number of fused-ring (bicyclic) bond motifs is 5. The molecule has 3 heterocycles. The van der Waals surface area contributed by atoms with Crippen molar-refractivity contribution in [3.8, 4) is 5.75 Å². The van der Waals surface area contributed by atoms with Crippen molar-refractivity contribution < 1.29 is 4.74 Å². The predicted octanol–water partition coefficient (Wildman–Crippen LogP) is 6.42. The minimum absolute atomic E-state index is 0.0638. The van der Waals surface area contributed by atoms with Crippen molar-refractivity contribution in [1.29, 1.82) is 0 Å². The van der Waals surface area contributed by atoms with Gasteiger partial charge in [0.15, 0.2) is 0 Å². The number of hydrogen-bond donors (Lipinski definition) is 0. The number of aryl methyl sites for hydroxylation is 4. The molecule has 3 aromatic carbocycles.